The maximum absolute atomic E-state index is 14.5. The molecule has 0 unspecified atom stereocenters. The van der Waals surface area contributed by atoms with Gasteiger partial charge in [0.2, 0.25) is 5.91 Å². The Morgan fingerprint density at radius 3 is 2.60 bits per heavy atom. The van der Waals surface area contributed by atoms with Crippen LogP contribution in [0.2, 0.25) is 0 Å². The quantitative estimate of drug-likeness (QED) is 0.241. The number of aliphatic hydroxyl groups is 1. The summed E-state index contributed by atoms with van der Waals surface area (Å²) >= 11 is 1.19. The molecule has 1 atom stereocenters. The summed E-state index contributed by atoms with van der Waals surface area (Å²) in [5.74, 6) is -0.699. The van der Waals surface area contributed by atoms with Crippen molar-refractivity contribution in [2.75, 3.05) is 13.7 Å². The number of hydrogen-bond acceptors (Lipinski definition) is 8. The van der Waals surface area contributed by atoms with Crippen molar-refractivity contribution in [2.24, 2.45) is 0 Å². The molecule has 4 rings (SSSR count). The number of hydrogen-bond donors (Lipinski definition) is 2. The number of carbonyl (C=O) groups is 1. The van der Waals surface area contributed by atoms with E-state index in [2.05, 4.69) is 10.4 Å². The molecule has 1 amide bonds. The van der Waals surface area contributed by atoms with E-state index in [1.807, 2.05) is 0 Å². The standard InChI is InChI=1S/C30H36FN5O6S/c1-17(2)33-28(39)30(5,6)36-25(38)24-19(4)26(35-13-8-12-32-35)43-27(24)34(29(36)40)16-23(42-14-11-18(3)37)21-15-20(31)9-10-22(21)41-7/h8-13,15,17,23,37H,14,16H2,1-7H3,(H,33,39)/t23-/m0/s1. The van der Waals surface area contributed by atoms with Crippen molar-refractivity contribution in [1.29, 1.82) is 0 Å². The highest BCUT2D eigenvalue weighted by molar-refractivity contribution is 7.21. The van der Waals surface area contributed by atoms with Crippen molar-refractivity contribution in [3.8, 4) is 10.8 Å². The van der Waals surface area contributed by atoms with E-state index in [0.717, 1.165) is 4.57 Å². The first-order chi connectivity index (χ1) is 20.3. The fourth-order valence-electron chi connectivity index (χ4n) is 4.78. The number of thiophene rings is 1. The Labute approximate surface area is 251 Å². The highest BCUT2D eigenvalue weighted by Gasteiger charge is 2.36. The predicted octanol–water partition coefficient (Wildman–Crippen LogP) is 4.35. The van der Waals surface area contributed by atoms with Gasteiger partial charge in [0.05, 0.1) is 31.4 Å². The second-order valence-corrected chi connectivity index (χ2v) is 11.9. The van der Waals surface area contributed by atoms with E-state index in [9.17, 15) is 23.9 Å². The number of aryl methyl sites for hydroxylation is 1. The van der Waals surface area contributed by atoms with Crippen molar-refractivity contribution in [1.82, 2.24) is 24.2 Å². The van der Waals surface area contributed by atoms with E-state index >= 15 is 0 Å². The maximum Gasteiger partial charge on any atom is 0.333 e. The highest BCUT2D eigenvalue weighted by atomic mass is 32.1. The molecule has 0 aliphatic carbocycles. The normalized spacial score (nSPS) is 13.1. The Bertz CT molecular complexity index is 1780. The van der Waals surface area contributed by atoms with E-state index in [0.29, 0.717) is 26.7 Å². The molecule has 4 aromatic rings. The number of ether oxygens (including phenoxy) is 2. The van der Waals surface area contributed by atoms with Gasteiger partial charge in [-0.3, -0.25) is 14.2 Å². The Morgan fingerprint density at radius 2 is 2.00 bits per heavy atom. The minimum atomic E-state index is -1.57. The van der Waals surface area contributed by atoms with Gasteiger partial charge in [0, 0.05) is 29.6 Å². The number of nitrogens with one attached hydrogen (secondary N) is 1. The molecule has 2 N–H and O–H groups in total. The first-order valence-corrected chi connectivity index (χ1v) is 14.5. The molecule has 0 aliphatic rings. The van der Waals surface area contributed by atoms with Gasteiger partial charge in [-0.05, 0) is 71.9 Å². The lowest BCUT2D eigenvalue weighted by atomic mass is 10.0. The number of amides is 1. The van der Waals surface area contributed by atoms with Gasteiger partial charge in [-0.1, -0.05) is 11.3 Å². The van der Waals surface area contributed by atoms with Crippen molar-refractivity contribution in [3.05, 3.63) is 86.3 Å². The molecule has 3 heterocycles. The summed E-state index contributed by atoms with van der Waals surface area (Å²) in [4.78, 5) is 42.1. The van der Waals surface area contributed by atoms with Gasteiger partial charge in [0.1, 0.15) is 33.0 Å². The number of fused-ring (bicyclic) bond motifs is 1. The van der Waals surface area contributed by atoms with Crippen LogP contribution in [-0.4, -0.2) is 49.7 Å². The number of halogens is 1. The summed E-state index contributed by atoms with van der Waals surface area (Å²) in [6, 6.07) is 5.47. The largest absolute Gasteiger partial charge is 0.513 e. The number of benzene rings is 1. The van der Waals surface area contributed by atoms with E-state index in [1.165, 1.54) is 68.1 Å². The average molecular weight is 614 g/mol. The van der Waals surface area contributed by atoms with E-state index in [1.54, 1.807) is 43.9 Å². The van der Waals surface area contributed by atoms with Gasteiger partial charge >= 0.3 is 5.69 Å². The molecule has 0 radical (unpaired) electrons. The Hall–Kier alpha value is -4.23. The molecule has 0 spiro atoms. The number of aromatic nitrogens is 4. The van der Waals surface area contributed by atoms with Crippen molar-refractivity contribution >= 4 is 27.5 Å². The summed E-state index contributed by atoms with van der Waals surface area (Å²) in [5, 5.41) is 17.7. The van der Waals surface area contributed by atoms with Crippen LogP contribution < -0.4 is 21.3 Å². The molecule has 43 heavy (non-hydrogen) atoms. The molecule has 0 fully saturated rings. The zero-order chi connectivity index (χ0) is 31.6. The number of nitrogens with zero attached hydrogens (tertiary/aromatic N) is 4. The predicted molar refractivity (Wildman–Crippen MR) is 163 cm³/mol. The molecule has 0 saturated heterocycles. The van der Waals surface area contributed by atoms with Gasteiger partial charge in [0.25, 0.3) is 5.56 Å². The minimum absolute atomic E-state index is 0.0220. The highest BCUT2D eigenvalue weighted by Crippen LogP contribution is 2.34. The summed E-state index contributed by atoms with van der Waals surface area (Å²) in [7, 11) is 1.44. The van der Waals surface area contributed by atoms with E-state index in [-0.39, 0.29) is 30.3 Å². The first kappa shape index (κ1) is 31.7. The number of rotatable bonds is 11. The summed E-state index contributed by atoms with van der Waals surface area (Å²) < 4.78 is 30.0. The molecule has 0 saturated carbocycles. The fraction of sp³-hybridized carbons (Fsp3) is 0.400. The van der Waals surface area contributed by atoms with Gasteiger partial charge in [-0.25, -0.2) is 18.4 Å². The third-order valence-electron chi connectivity index (χ3n) is 7.00. The zero-order valence-electron chi connectivity index (χ0n) is 25.2. The van der Waals surface area contributed by atoms with Gasteiger partial charge in [0.15, 0.2) is 0 Å². The van der Waals surface area contributed by atoms with Crippen LogP contribution in [0, 0.1) is 12.7 Å². The Balaban J connectivity index is 2.03. The van der Waals surface area contributed by atoms with Gasteiger partial charge < -0.3 is 19.9 Å². The SMILES string of the molecule is COc1ccc(F)cc1[C@H](Cn1c(=O)n(C(C)(C)C(=O)NC(C)C)c(=O)c2c(C)c(-n3cccn3)sc21)OCC=C(C)O. The number of carbonyl (C=O) groups excluding carboxylic acids is 1. The van der Waals surface area contributed by atoms with Gasteiger partial charge in [-0.2, -0.15) is 5.10 Å². The minimum Gasteiger partial charge on any atom is -0.513 e. The average Bonchev–Trinajstić information content (AvgIpc) is 3.57. The Morgan fingerprint density at radius 1 is 1.28 bits per heavy atom. The number of allylic oxidation sites excluding steroid dienone is 1. The molecular weight excluding hydrogens is 577 g/mol. The van der Waals surface area contributed by atoms with Crippen LogP contribution in [0.4, 0.5) is 4.39 Å². The maximum atomic E-state index is 14.5. The monoisotopic (exact) mass is 613 g/mol. The van der Waals surface area contributed by atoms with Crippen LogP contribution in [0.15, 0.2) is 58.1 Å². The summed E-state index contributed by atoms with van der Waals surface area (Å²) in [6.07, 6.45) is 3.80. The molecule has 0 bridgehead atoms. The number of methoxy groups -OCH3 is 1. The molecule has 230 valence electrons. The van der Waals surface area contributed by atoms with Crippen LogP contribution >= 0.6 is 11.3 Å². The smallest absolute Gasteiger partial charge is 0.333 e. The van der Waals surface area contributed by atoms with Crippen LogP contribution in [-0.2, 0) is 21.6 Å². The first-order valence-electron chi connectivity index (χ1n) is 13.7. The fourth-order valence-corrected chi connectivity index (χ4v) is 6.03. The second kappa shape index (κ2) is 12.6. The lowest BCUT2D eigenvalue weighted by Crippen LogP contribution is -2.56. The van der Waals surface area contributed by atoms with E-state index < -0.39 is 34.6 Å². The second-order valence-electron chi connectivity index (χ2n) is 10.9. The zero-order valence-corrected chi connectivity index (χ0v) is 26.0. The van der Waals surface area contributed by atoms with Crippen molar-refractivity contribution in [3.63, 3.8) is 0 Å². The van der Waals surface area contributed by atoms with Crippen LogP contribution in [0.25, 0.3) is 15.2 Å². The molecule has 1 aromatic carbocycles. The topological polar surface area (TPSA) is 130 Å². The van der Waals surface area contributed by atoms with Crippen molar-refractivity contribution < 1.29 is 23.8 Å². The third kappa shape index (κ3) is 6.27. The van der Waals surface area contributed by atoms with Crippen LogP contribution in [0.5, 0.6) is 5.75 Å². The molecular formula is C30H36FN5O6S. The lowest BCUT2D eigenvalue weighted by molar-refractivity contribution is -0.129. The van der Waals surface area contributed by atoms with Crippen LogP contribution in [0.3, 0.4) is 0 Å². The molecule has 13 heteroatoms. The van der Waals surface area contributed by atoms with Crippen LogP contribution in [0.1, 0.15) is 51.8 Å². The molecule has 3 aromatic heterocycles. The van der Waals surface area contributed by atoms with E-state index in [4.69, 9.17) is 9.47 Å². The number of aliphatic hydroxyl groups excluding tert-OH is 1. The third-order valence-corrected chi connectivity index (χ3v) is 8.30. The summed E-state index contributed by atoms with van der Waals surface area (Å²) in [6.45, 7) is 9.61. The lowest BCUT2D eigenvalue weighted by Gasteiger charge is -2.28. The summed E-state index contributed by atoms with van der Waals surface area (Å²) in [5.41, 5.74) is -2.03. The van der Waals surface area contributed by atoms with Gasteiger partial charge in [-0.15, -0.1) is 0 Å². The molecule has 0 aliphatic heterocycles. The Kier molecular flexibility index (Phi) is 9.26. The van der Waals surface area contributed by atoms with Crippen molar-refractivity contribution in [2.45, 2.75) is 65.8 Å². The molecule has 11 nitrogen and oxygen atoms in total.